The smallest absolute Gasteiger partial charge is 0.368 e. The number of halogens is 3. The number of aromatic nitrogens is 2. The number of nitrogens with zero attached hydrogens (tertiary/aromatic N) is 2. The lowest BCUT2D eigenvalue weighted by Crippen LogP contribution is -2.12. The van der Waals surface area contributed by atoms with Crippen LogP contribution in [0.2, 0.25) is 0 Å². The van der Waals surface area contributed by atoms with Gasteiger partial charge in [-0.15, -0.1) is 0 Å². The van der Waals surface area contributed by atoms with Crippen LogP contribution >= 0.6 is 0 Å². The van der Waals surface area contributed by atoms with Crippen molar-refractivity contribution in [1.82, 2.24) is 9.97 Å². The predicted octanol–water partition coefficient (Wildman–Crippen LogP) is 3.43. The Balaban J connectivity index is 2.38. The highest BCUT2D eigenvalue weighted by Gasteiger charge is 2.33. The summed E-state index contributed by atoms with van der Waals surface area (Å²) in [6.45, 7) is 0. The maximum Gasteiger partial charge on any atom is 0.433 e. The summed E-state index contributed by atoms with van der Waals surface area (Å²) in [4.78, 5) is 7.15. The van der Waals surface area contributed by atoms with Gasteiger partial charge in [0, 0.05) is 0 Å². The summed E-state index contributed by atoms with van der Waals surface area (Å²) in [6, 6.07) is 0.980. The van der Waals surface area contributed by atoms with E-state index in [9.17, 15) is 13.2 Å². The summed E-state index contributed by atoms with van der Waals surface area (Å²) in [5, 5.41) is 0. The fraction of sp³-hybridized carbons (Fsp3) is 0.500. The van der Waals surface area contributed by atoms with E-state index in [2.05, 4.69) is 9.97 Å². The Morgan fingerprint density at radius 3 is 2.61 bits per heavy atom. The zero-order valence-electron chi connectivity index (χ0n) is 9.80. The number of nitrogen functional groups attached to an aromatic ring is 1. The van der Waals surface area contributed by atoms with Crippen molar-refractivity contribution in [1.29, 1.82) is 0 Å². The third kappa shape index (κ3) is 3.00. The van der Waals surface area contributed by atoms with Crippen LogP contribution in [0.5, 0.6) is 0 Å². The van der Waals surface area contributed by atoms with Gasteiger partial charge in [-0.05, 0) is 37.3 Å². The summed E-state index contributed by atoms with van der Waals surface area (Å²) in [5.74, 6) is -0.329. The molecule has 0 saturated heterocycles. The van der Waals surface area contributed by atoms with Crippen LogP contribution in [-0.2, 0) is 6.18 Å². The van der Waals surface area contributed by atoms with Gasteiger partial charge in [0.15, 0.2) is 5.69 Å². The van der Waals surface area contributed by atoms with E-state index in [0.29, 0.717) is 5.69 Å². The SMILES string of the molecule is Nc1nc(C2=CCCCCC2)cc(C(F)(F)F)n1. The highest BCUT2D eigenvalue weighted by atomic mass is 19.4. The third-order valence-corrected chi connectivity index (χ3v) is 2.90. The highest BCUT2D eigenvalue weighted by Crippen LogP contribution is 2.31. The number of rotatable bonds is 1. The quantitative estimate of drug-likeness (QED) is 0.838. The van der Waals surface area contributed by atoms with Crippen LogP contribution in [0.4, 0.5) is 19.1 Å². The van der Waals surface area contributed by atoms with Gasteiger partial charge < -0.3 is 5.73 Å². The molecule has 1 aliphatic carbocycles. The molecule has 0 amide bonds. The molecule has 1 aliphatic rings. The topological polar surface area (TPSA) is 51.8 Å². The molecule has 0 spiro atoms. The molecular formula is C12H14F3N3. The Labute approximate surface area is 103 Å². The first kappa shape index (κ1) is 12.9. The van der Waals surface area contributed by atoms with Crippen molar-refractivity contribution in [3.63, 3.8) is 0 Å². The van der Waals surface area contributed by atoms with Crippen LogP contribution < -0.4 is 5.73 Å². The zero-order chi connectivity index (χ0) is 13.2. The fourth-order valence-electron chi connectivity index (χ4n) is 2.02. The van der Waals surface area contributed by atoms with Gasteiger partial charge in [0.05, 0.1) is 5.69 Å². The van der Waals surface area contributed by atoms with Crippen molar-refractivity contribution in [2.24, 2.45) is 0 Å². The first-order chi connectivity index (χ1) is 8.47. The number of anilines is 1. The van der Waals surface area contributed by atoms with Gasteiger partial charge in [-0.1, -0.05) is 12.5 Å². The molecule has 0 radical (unpaired) electrons. The van der Waals surface area contributed by atoms with Gasteiger partial charge in [-0.2, -0.15) is 13.2 Å². The molecule has 6 heteroatoms. The largest absolute Gasteiger partial charge is 0.433 e. The average Bonchev–Trinajstić information content (AvgIpc) is 2.55. The van der Waals surface area contributed by atoms with Crippen molar-refractivity contribution in [3.8, 4) is 0 Å². The molecule has 98 valence electrons. The lowest BCUT2D eigenvalue weighted by atomic mass is 10.1. The molecule has 0 fully saturated rings. The number of hydrogen-bond acceptors (Lipinski definition) is 3. The van der Waals surface area contributed by atoms with Crippen LogP contribution in [-0.4, -0.2) is 9.97 Å². The van der Waals surface area contributed by atoms with Crippen LogP contribution in [0.15, 0.2) is 12.1 Å². The number of alkyl halides is 3. The molecule has 18 heavy (non-hydrogen) atoms. The molecule has 0 aromatic carbocycles. The molecule has 2 N–H and O–H groups in total. The minimum absolute atomic E-state index is 0.303. The Hall–Kier alpha value is -1.59. The molecule has 1 aromatic heterocycles. The second kappa shape index (κ2) is 4.96. The highest BCUT2D eigenvalue weighted by molar-refractivity contribution is 5.63. The Morgan fingerprint density at radius 1 is 1.11 bits per heavy atom. The first-order valence-corrected chi connectivity index (χ1v) is 5.88. The molecule has 0 aliphatic heterocycles. The van der Waals surface area contributed by atoms with E-state index in [1.165, 1.54) is 0 Å². The molecule has 1 heterocycles. The van der Waals surface area contributed by atoms with Gasteiger partial charge in [-0.25, -0.2) is 9.97 Å². The summed E-state index contributed by atoms with van der Waals surface area (Å²) >= 11 is 0. The molecule has 1 aromatic rings. The van der Waals surface area contributed by atoms with Crippen molar-refractivity contribution in [3.05, 3.63) is 23.5 Å². The predicted molar refractivity (Wildman–Crippen MR) is 62.5 cm³/mol. The summed E-state index contributed by atoms with van der Waals surface area (Å²) in [7, 11) is 0. The lowest BCUT2D eigenvalue weighted by molar-refractivity contribution is -0.141. The second-order valence-electron chi connectivity index (χ2n) is 4.32. The first-order valence-electron chi connectivity index (χ1n) is 5.88. The Kier molecular flexibility index (Phi) is 3.54. The van der Waals surface area contributed by atoms with Crippen molar-refractivity contribution in [2.75, 3.05) is 5.73 Å². The number of allylic oxidation sites excluding steroid dienone is 2. The second-order valence-corrected chi connectivity index (χ2v) is 4.32. The van der Waals surface area contributed by atoms with Gasteiger partial charge in [-0.3, -0.25) is 0 Å². The molecule has 0 bridgehead atoms. The van der Waals surface area contributed by atoms with Gasteiger partial charge >= 0.3 is 6.18 Å². The zero-order valence-corrected chi connectivity index (χ0v) is 9.80. The minimum atomic E-state index is -4.49. The van der Waals surface area contributed by atoms with E-state index in [1.807, 2.05) is 6.08 Å². The molecule has 0 atom stereocenters. The van der Waals surface area contributed by atoms with Crippen LogP contribution in [0.25, 0.3) is 5.57 Å². The van der Waals surface area contributed by atoms with E-state index >= 15 is 0 Å². The van der Waals surface area contributed by atoms with Crippen molar-refractivity contribution < 1.29 is 13.2 Å². The summed E-state index contributed by atoms with van der Waals surface area (Å²) in [5.41, 5.74) is 5.52. The molecule has 3 nitrogen and oxygen atoms in total. The van der Waals surface area contributed by atoms with E-state index in [1.54, 1.807) is 0 Å². The van der Waals surface area contributed by atoms with Gasteiger partial charge in [0.25, 0.3) is 0 Å². The van der Waals surface area contributed by atoms with E-state index in [-0.39, 0.29) is 5.95 Å². The van der Waals surface area contributed by atoms with Crippen molar-refractivity contribution in [2.45, 2.75) is 38.3 Å². The Morgan fingerprint density at radius 2 is 1.89 bits per heavy atom. The lowest BCUT2D eigenvalue weighted by Gasteiger charge is -2.10. The fourth-order valence-corrected chi connectivity index (χ4v) is 2.02. The number of nitrogens with two attached hydrogens (primary N) is 1. The van der Waals surface area contributed by atoms with E-state index < -0.39 is 11.9 Å². The van der Waals surface area contributed by atoms with Crippen LogP contribution in [0, 0.1) is 0 Å². The summed E-state index contributed by atoms with van der Waals surface area (Å²) < 4.78 is 37.9. The molecule has 0 unspecified atom stereocenters. The maximum atomic E-state index is 12.6. The normalized spacial score (nSPS) is 17.2. The standard InChI is InChI=1S/C12H14F3N3/c13-12(14,15)10-7-9(17-11(16)18-10)8-5-3-1-2-4-6-8/h5,7H,1-4,6H2,(H2,16,17,18). The third-order valence-electron chi connectivity index (χ3n) is 2.90. The molecule has 0 saturated carbocycles. The van der Waals surface area contributed by atoms with Crippen LogP contribution in [0.3, 0.4) is 0 Å². The summed E-state index contributed by atoms with van der Waals surface area (Å²) in [6.07, 6.45) is 2.21. The van der Waals surface area contributed by atoms with Crippen LogP contribution in [0.1, 0.15) is 43.5 Å². The van der Waals surface area contributed by atoms with Crippen molar-refractivity contribution >= 4 is 11.5 Å². The number of hydrogen-bond donors (Lipinski definition) is 1. The molecular weight excluding hydrogens is 243 g/mol. The monoisotopic (exact) mass is 257 g/mol. The molecule has 2 rings (SSSR count). The van der Waals surface area contributed by atoms with E-state index in [4.69, 9.17) is 5.73 Å². The van der Waals surface area contributed by atoms with E-state index in [0.717, 1.165) is 43.7 Å². The minimum Gasteiger partial charge on any atom is -0.368 e. The van der Waals surface area contributed by atoms with Gasteiger partial charge in [0.1, 0.15) is 0 Å². The van der Waals surface area contributed by atoms with Gasteiger partial charge in [0.2, 0.25) is 5.95 Å². The Bertz CT molecular complexity index is 466. The average molecular weight is 257 g/mol. The maximum absolute atomic E-state index is 12.6.